The number of amides is 1. The van der Waals surface area contributed by atoms with Gasteiger partial charge in [0.05, 0.1) is 12.6 Å². The number of nitrogens with one attached hydrogen (secondary N) is 1. The molecule has 7 heteroatoms. The van der Waals surface area contributed by atoms with Gasteiger partial charge < -0.3 is 15.8 Å². The summed E-state index contributed by atoms with van der Waals surface area (Å²) in [6, 6.07) is 2.00. The van der Waals surface area contributed by atoms with Crippen molar-refractivity contribution in [2.45, 2.75) is 45.4 Å². The molecular weight excluding hydrogens is 376 g/mol. The predicted octanol–water partition coefficient (Wildman–Crippen LogP) is 3.08. The minimum absolute atomic E-state index is 0. The summed E-state index contributed by atoms with van der Waals surface area (Å²) in [4.78, 5) is 13.5. The second-order valence-electron chi connectivity index (χ2n) is 5.76. The van der Waals surface area contributed by atoms with E-state index in [1.54, 1.807) is 11.3 Å². The number of carbonyl (C=O) groups excluding carboxylic acids is 1. The van der Waals surface area contributed by atoms with Crippen LogP contribution in [0.1, 0.15) is 32.1 Å². The van der Waals surface area contributed by atoms with Gasteiger partial charge in [-0.25, -0.2) is 0 Å². The Morgan fingerprint density at radius 1 is 1.62 bits per heavy atom. The highest BCUT2D eigenvalue weighted by atomic mass is 79.9. The van der Waals surface area contributed by atoms with Crippen LogP contribution in [0, 0.1) is 5.41 Å². The summed E-state index contributed by atoms with van der Waals surface area (Å²) in [5.41, 5.74) is 5.13. The summed E-state index contributed by atoms with van der Waals surface area (Å²) in [5.74, 6) is -0.0945. The molecule has 0 aromatic carbocycles. The lowest BCUT2D eigenvalue weighted by atomic mass is 9.54. The van der Waals surface area contributed by atoms with Crippen LogP contribution >= 0.6 is 39.7 Å². The van der Waals surface area contributed by atoms with Gasteiger partial charge in [0.1, 0.15) is 5.54 Å². The number of halogens is 2. The lowest BCUT2D eigenvalue weighted by Gasteiger charge is -2.57. The number of hydrogen-bond acceptors (Lipinski definition) is 4. The lowest BCUT2D eigenvalue weighted by molar-refractivity contribution is -0.170. The molecule has 3 N–H and O–H groups in total. The first-order valence-electron chi connectivity index (χ1n) is 6.73. The number of ether oxygens (including phenoxy) is 1. The van der Waals surface area contributed by atoms with Gasteiger partial charge in [0.2, 0.25) is 5.91 Å². The fraction of sp³-hybridized carbons (Fsp3) is 0.643. The van der Waals surface area contributed by atoms with Crippen molar-refractivity contribution in [3.63, 3.8) is 0 Å². The average Bonchev–Trinajstić information content (AvgIpc) is 2.81. The number of rotatable bonds is 5. The Kier molecular flexibility index (Phi) is 6.27. The predicted molar refractivity (Wildman–Crippen MR) is 91.8 cm³/mol. The third kappa shape index (κ3) is 3.45. The monoisotopic (exact) mass is 396 g/mol. The molecule has 1 aliphatic rings. The van der Waals surface area contributed by atoms with E-state index in [9.17, 15) is 4.79 Å². The van der Waals surface area contributed by atoms with Gasteiger partial charge in [-0.2, -0.15) is 0 Å². The smallest absolute Gasteiger partial charge is 0.241 e. The molecule has 1 aromatic heterocycles. The number of nitrogens with two attached hydrogens (primary N) is 1. The van der Waals surface area contributed by atoms with E-state index >= 15 is 0 Å². The third-order valence-corrected chi connectivity index (χ3v) is 5.98. The van der Waals surface area contributed by atoms with Gasteiger partial charge in [0.15, 0.2) is 0 Å². The van der Waals surface area contributed by atoms with Crippen LogP contribution in [0.25, 0.3) is 0 Å². The minimum atomic E-state index is -0.846. The fourth-order valence-electron chi connectivity index (χ4n) is 2.59. The molecule has 2 unspecified atom stereocenters. The van der Waals surface area contributed by atoms with Crippen LogP contribution < -0.4 is 11.1 Å². The molecule has 4 nitrogen and oxygen atoms in total. The molecule has 1 aliphatic carbocycles. The van der Waals surface area contributed by atoms with Crippen molar-refractivity contribution in [3.8, 4) is 0 Å². The van der Waals surface area contributed by atoms with Gasteiger partial charge in [-0.3, -0.25) is 4.79 Å². The Hall–Kier alpha value is -0.140. The van der Waals surface area contributed by atoms with E-state index in [0.29, 0.717) is 19.6 Å². The third-order valence-electron chi connectivity index (χ3n) is 4.28. The SMILES string of the molecule is CCOC1CC(N)(C(=O)NCc2cc(Br)cs2)C1(C)C.Cl. The van der Waals surface area contributed by atoms with Gasteiger partial charge in [-0.05, 0) is 28.9 Å². The zero-order chi connectivity index (χ0) is 15.0. The van der Waals surface area contributed by atoms with E-state index in [2.05, 4.69) is 21.2 Å². The Morgan fingerprint density at radius 3 is 2.76 bits per heavy atom. The zero-order valence-corrected chi connectivity index (χ0v) is 15.7. The fourth-order valence-corrected chi connectivity index (χ4v) is 3.98. The topological polar surface area (TPSA) is 64.3 Å². The largest absolute Gasteiger partial charge is 0.378 e. The first-order valence-corrected chi connectivity index (χ1v) is 8.40. The number of thiophene rings is 1. The number of carbonyl (C=O) groups is 1. The zero-order valence-electron chi connectivity index (χ0n) is 12.4. The highest BCUT2D eigenvalue weighted by Crippen LogP contribution is 2.49. The van der Waals surface area contributed by atoms with Crippen LogP contribution in [0.15, 0.2) is 15.9 Å². The summed E-state index contributed by atoms with van der Waals surface area (Å²) in [6.07, 6.45) is 0.632. The van der Waals surface area contributed by atoms with Crippen molar-refractivity contribution in [2.24, 2.45) is 11.1 Å². The molecule has 1 amide bonds. The van der Waals surface area contributed by atoms with Crippen LogP contribution in [-0.2, 0) is 16.1 Å². The van der Waals surface area contributed by atoms with Crippen molar-refractivity contribution >= 4 is 45.6 Å². The Bertz CT molecular complexity index is 509. The molecule has 21 heavy (non-hydrogen) atoms. The van der Waals surface area contributed by atoms with Crippen molar-refractivity contribution in [1.29, 1.82) is 0 Å². The van der Waals surface area contributed by atoms with Gasteiger partial charge in [0.25, 0.3) is 0 Å². The van der Waals surface area contributed by atoms with Crippen molar-refractivity contribution in [2.75, 3.05) is 6.61 Å². The van der Waals surface area contributed by atoms with E-state index < -0.39 is 5.54 Å². The molecule has 0 saturated heterocycles. The Balaban J connectivity index is 0.00000220. The van der Waals surface area contributed by atoms with Crippen LogP contribution in [-0.4, -0.2) is 24.2 Å². The first kappa shape index (κ1) is 18.9. The standard InChI is InChI=1S/C14H21BrN2O2S.ClH/c1-4-19-11-6-14(16,13(11,2)3)12(18)17-7-10-5-9(15)8-20-10;/h5,8,11H,4,6-7,16H2,1-3H3,(H,17,18);1H. The van der Waals surface area contributed by atoms with Crippen molar-refractivity contribution in [3.05, 3.63) is 20.8 Å². The second kappa shape index (κ2) is 6.96. The molecule has 0 bridgehead atoms. The Labute approximate surface area is 144 Å². The van der Waals surface area contributed by atoms with Crippen LogP contribution in [0.3, 0.4) is 0 Å². The van der Waals surface area contributed by atoms with Crippen LogP contribution in [0.4, 0.5) is 0 Å². The molecule has 0 aliphatic heterocycles. The second-order valence-corrected chi connectivity index (χ2v) is 7.67. The first-order chi connectivity index (χ1) is 9.31. The molecule has 1 fully saturated rings. The van der Waals surface area contributed by atoms with Crippen molar-refractivity contribution in [1.82, 2.24) is 5.32 Å². The summed E-state index contributed by atoms with van der Waals surface area (Å²) >= 11 is 5.01. The van der Waals surface area contributed by atoms with Crippen molar-refractivity contribution < 1.29 is 9.53 Å². The summed E-state index contributed by atoms with van der Waals surface area (Å²) < 4.78 is 6.68. The molecule has 2 atom stereocenters. The summed E-state index contributed by atoms with van der Waals surface area (Å²) in [6.45, 7) is 7.12. The van der Waals surface area contributed by atoms with E-state index in [1.165, 1.54) is 0 Å². The lowest BCUT2D eigenvalue weighted by Crippen LogP contribution is -2.75. The molecule has 1 aromatic rings. The number of hydrogen-bond donors (Lipinski definition) is 2. The quantitative estimate of drug-likeness (QED) is 0.802. The molecule has 0 radical (unpaired) electrons. The maximum atomic E-state index is 12.4. The summed E-state index contributed by atoms with van der Waals surface area (Å²) in [7, 11) is 0. The van der Waals surface area contributed by atoms with Crippen LogP contribution in [0.5, 0.6) is 0 Å². The van der Waals surface area contributed by atoms with Crippen LogP contribution in [0.2, 0.25) is 0 Å². The average molecular weight is 398 g/mol. The molecular formula is C14H22BrClN2O2S. The normalized spacial score (nSPS) is 26.6. The van der Waals surface area contributed by atoms with E-state index in [-0.39, 0.29) is 29.8 Å². The van der Waals surface area contributed by atoms with Gasteiger partial charge in [0, 0.05) is 33.2 Å². The molecule has 2 rings (SSSR count). The minimum Gasteiger partial charge on any atom is -0.378 e. The summed E-state index contributed by atoms with van der Waals surface area (Å²) in [5, 5.41) is 4.94. The highest BCUT2D eigenvalue weighted by molar-refractivity contribution is 9.10. The van der Waals surface area contributed by atoms with E-state index in [1.807, 2.05) is 32.2 Å². The molecule has 1 heterocycles. The molecule has 120 valence electrons. The van der Waals surface area contributed by atoms with Gasteiger partial charge >= 0.3 is 0 Å². The maximum Gasteiger partial charge on any atom is 0.241 e. The highest BCUT2D eigenvalue weighted by Gasteiger charge is 2.62. The van der Waals surface area contributed by atoms with E-state index in [0.717, 1.165) is 9.35 Å². The van der Waals surface area contributed by atoms with E-state index in [4.69, 9.17) is 10.5 Å². The molecule has 1 saturated carbocycles. The maximum absolute atomic E-state index is 12.4. The van der Waals surface area contributed by atoms with Gasteiger partial charge in [-0.15, -0.1) is 23.7 Å². The Morgan fingerprint density at radius 2 is 2.29 bits per heavy atom. The molecule has 0 spiro atoms. The van der Waals surface area contributed by atoms with Gasteiger partial charge in [-0.1, -0.05) is 13.8 Å².